The van der Waals surface area contributed by atoms with Crippen molar-refractivity contribution in [3.63, 3.8) is 0 Å². The number of amides is 1. The molecule has 23 heavy (non-hydrogen) atoms. The molecule has 3 N–H and O–H groups in total. The van der Waals surface area contributed by atoms with E-state index >= 15 is 0 Å². The van der Waals surface area contributed by atoms with Crippen molar-refractivity contribution in [2.45, 2.75) is 40.2 Å². The van der Waals surface area contributed by atoms with Gasteiger partial charge in [-0.3, -0.25) is 10.00 Å². The molecule has 1 aromatic carbocycles. The molecule has 0 bridgehead atoms. The number of hydrogen-bond acceptors (Lipinski definition) is 4. The highest BCUT2D eigenvalue weighted by atomic mass is 16.6. The van der Waals surface area contributed by atoms with Gasteiger partial charge >= 0.3 is 6.09 Å². The molecule has 0 saturated carbocycles. The highest BCUT2D eigenvalue weighted by Crippen LogP contribution is 2.31. The number of anilines is 2. The molecule has 0 radical (unpaired) electrons. The Hall–Kier alpha value is -2.50. The number of benzene rings is 1. The van der Waals surface area contributed by atoms with Crippen molar-refractivity contribution in [1.29, 1.82) is 0 Å². The van der Waals surface area contributed by atoms with Crippen molar-refractivity contribution in [3.8, 4) is 11.1 Å². The Labute approximate surface area is 136 Å². The van der Waals surface area contributed by atoms with Crippen LogP contribution in [0.25, 0.3) is 11.1 Å². The maximum atomic E-state index is 12.0. The number of aromatic nitrogens is 2. The first-order chi connectivity index (χ1) is 10.6. The highest BCUT2D eigenvalue weighted by Gasteiger charge is 2.18. The standard InChI is InChI=1S/C17H24N4O2/c1-10-7-12(13-9-19-21(6)15(13)18)8-14(11(10)2)20-16(22)23-17(3,4)5/h7-9H,18H2,1-6H3,(H,20,22). The van der Waals surface area contributed by atoms with Crippen LogP contribution in [0.2, 0.25) is 0 Å². The SMILES string of the molecule is Cc1cc(-c2cnn(C)c2N)cc(NC(=O)OC(C)(C)C)c1C. The van der Waals surface area contributed by atoms with Crippen molar-refractivity contribution in [1.82, 2.24) is 9.78 Å². The van der Waals surface area contributed by atoms with Gasteiger partial charge in [0.05, 0.1) is 6.20 Å². The van der Waals surface area contributed by atoms with E-state index < -0.39 is 11.7 Å². The minimum absolute atomic E-state index is 0.476. The zero-order valence-electron chi connectivity index (χ0n) is 14.5. The molecule has 2 aromatic rings. The topological polar surface area (TPSA) is 82.2 Å². The van der Waals surface area contributed by atoms with E-state index in [4.69, 9.17) is 10.5 Å². The molecule has 1 heterocycles. The van der Waals surface area contributed by atoms with E-state index in [-0.39, 0.29) is 0 Å². The summed E-state index contributed by atoms with van der Waals surface area (Å²) >= 11 is 0. The van der Waals surface area contributed by atoms with Gasteiger partial charge in [0.1, 0.15) is 11.4 Å². The number of carbonyl (C=O) groups is 1. The van der Waals surface area contributed by atoms with Crippen LogP contribution in [-0.4, -0.2) is 21.5 Å². The summed E-state index contributed by atoms with van der Waals surface area (Å²) in [5.41, 5.74) is 9.99. The van der Waals surface area contributed by atoms with E-state index in [1.807, 2.05) is 46.8 Å². The molecule has 0 spiro atoms. The summed E-state index contributed by atoms with van der Waals surface area (Å²) in [5.74, 6) is 0.580. The Morgan fingerprint density at radius 1 is 1.30 bits per heavy atom. The van der Waals surface area contributed by atoms with Gasteiger partial charge in [0.25, 0.3) is 0 Å². The van der Waals surface area contributed by atoms with Crippen molar-refractivity contribution in [2.75, 3.05) is 11.1 Å². The van der Waals surface area contributed by atoms with Crippen molar-refractivity contribution >= 4 is 17.6 Å². The number of rotatable bonds is 2. The van der Waals surface area contributed by atoms with Crippen LogP contribution in [-0.2, 0) is 11.8 Å². The van der Waals surface area contributed by atoms with Gasteiger partial charge in [-0.1, -0.05) is 6.07 Å². The second-order valence-corrected chi connectivity index (χ2v) is 6.66. The lowest BCUT2D eigenvalue weighted by molar-refractivity contribution is 0.0636. The number of nitrogens with two attached hydrogens (primary N) is 1. The Kier molecular flexibility index (Phi) is 4.36. The molecule has 124 valence electrons. The molecule has 0 aliphatic carbocycles. The van der Waals surface area contributed by atoms with Gasteiger partial charge in [0, 0.05) is 18.3 Å². The van der Waals surface area contributed by atoms with Crippen molar-refractivity contribution in [3.05, 3.63) is 29.5 Å². The van der Waals surface area contributed by atoms with E-state index in [9.17, 15) is 4.79 Å². The molecule has 2 rings (SSSR count). The van der Waals surface area contributed by atoms with E-state index in [0.29, 0.717) is 11.5 Å². The average molecular weight is 316 g/mol. The molecule has 0 fully saturated rings. The molecule has 0 aliphatic heterocycles. The normalized spacial score (nSPS) is 11.4. The average Bonchev–Trinajstić information content (AvgIpc) is 2.73. The van der Waals surface area contributed by atoms with Gasteiger partial charge in [-0.15, -0.1) is 0 Å². The number of nitrogen functional groups attached to an aromatic ring is 1. The predicted octanol–water partition coefficient (Wildman–Crippen LogP) is 3.63. The minimum atomic E-state index is -0.543. The monoisotopic (exact) mass is 316 g/mol. The minimum Gasteiger partial charge on any atom is -0.444 e. The summed E-state index contributed by atoms with van der Waals surface area (Å²) in [4.78, 5) is 12.0. The Morgan fingerprint density at radius 3 is 2.48 bits per heavy atom. The summed E-state index contributed by atoms with van der Waals surface area (Å²) in [5, 5.41) is 6.98. The van der Waals surface area contributed by atoms with Crippen molar-refractivity contribution < 1.29 is 9.53 Å². The van der Waals surface area contributed by atoms with Crippen LogP contribution in [0.4, 0.5) is 16.3 Å². The van der Waals surface area contributed by atoms with Gasteiger partial charge < -0.3 is 10.5 Å². The molecule has 6 heteroatoms. The van der Waals surface area contributed by atoms with Gasteiger partial charge in [-0.2, -0.15) is 5.10 Å². The quantitative estimate of drug-likeness (QED) is 0.886. The number of aryl methyl sites for hydroxylation is 2. The fraction of sp³-hybridized carbons (Fsp3) is 0.412. The molecule has 0 unspecified atom stereocenters. The number of nitrogens with zero attached hydrogens (tertiary/aromatic N) is 2. The lowest BCUT2D eigenvalue weighted by Crippen LogP contribution is -2.27. The lowest BCUT2D eigenvalue weighted by Gasteiger charge is -2.21. The first-order valence-electron chi connectivity index (χ1n) is 7.47. The van der Waals surface area contributed by atoms with Gasteiger partial charge in [-0.25, -0.2) is 4.79 Å². The van der Waals surface area contributed by atoms with E-state index in [0.717, 1.165) is 22.3 Å². The number of carbonyl (C=O) groups excluding carboxylic acids is 1. The van der Waals surface area contributed by atoms with Crippen LogP contribution in [0.5, 0.6) is 0 Å². The summed E-state index contributed by atoms with van der Waals surface area (Å²) in [6.07, 6.45) is 1.24. The van der Waals surface area contributed by atoms with Crippen LogP contribution in [0.1, 0.15) is 31.9 Å². The Bertz CT molecular complexity index is 742. The molecular formula is C17H24N4O2. The second kappa shape index (κ2) is 5.95. The molecule has 1 amide bonds. The van der Waals surface area contributed by atoms with Crippen LogP contribution >= 0.6 is 0 Å². The van der Waals surface area contributed by atoms with Crippen LogP contribution in [0.15, 0.2) is 18.3 Å². The van der Waals surface area contributed by atoms with Gasteiger partial charge in [0.2, 0.25) is 0 Å². The first kappa shape index (κ1) is 16.9. The lowest BCUT2D eigenvalue weighted by atomic mass is 10.00. The third-order valence-corrected chi connectivity index (χ3v) is 3.60. The predicted molar refractivity (Wildman–Crippen MR) is 92.4 cm³/mol. The van der Waals surface area contributed by atoms with Gasteiger partial charge in [0.15, 0.2) is 0 Å². The van der Waals surface area contributed by atoms with Crippen LogP contribution in [0, 0.1) is 13.8 Å². The molecule has 1 aromatic heterocycles. The summed E-state index contributed by atoms with van der Waals surface area (Å²) in [7, 11) is 1.79. The molecular weight excluding hydrogens is 292 g/mol. The van der Waals surface area contributed by atoms with Crippen LogP contribution in [0.3, 0.4) is 0 Å². The Balaban J connectivity index is 2.37. The zero-order valence-corrected chi connectivity index (χ0v) is 14.5. The largest absolute Gasteiger partial charge is 0.444 e. The van der Waals surface area contributed by atoms with Crippen molar-refractivity contribution in [2.24, 2.45) is 7.05 Å². The number of nitrogens with one attached hydrogen (secondary N) is 1. The second-order valence-electron chi connectivity index (χ2n) is 6.66. The molecule has 6 nitrogen and oxygen atoms in total. The van der Waals surface area contributed by atoms with E-state index in [1.54, 1.807) is 17.9 Å². The van der Waals surface area contributed by atoms with E-state index in [1.165, 1.54) is 0 Å². The fourth-order valence-corrected chi connectivity index (χ4v) is 2.23. The number of hydrogen-bond donors (Lipinski definition) is 2. The van der Waals surface area contributed by atoms with Gasteiger partial charge in [-0.05, 0) is 57.4 Å². The maximum Gasteiger partial charge on any atom is 0.412 e. The molecule has 0 saturated heterocycles. The fourth-order valence-electron chi connectivity index (χ4n) is 2.23. The Morgan fingerprint density at radius 2 is 1.96 bits per heavy atom. The third kappa shape index (κ3) is 3.83. The number of ether oxygens (including phenoxy) is 1. The summed E-state index contributed by atoms with van der Waals surface area (Å²) < 4.78 is 6.94. The summed E-state index contributed by atoms with van der Waals surface area (Å²) in [6, 6.07) is 3.92. The third-order valence-electron chi connectivity index (χ3n) is 3.60. The van der Waals surface area contributed by atoms with E-state index in [2.05, 4.69) is 10.4 Å². The van der Waals surface area contributed by atoms with Crippen LogP contribution < -0.4 is 11.1 Å². The first-order valence-corrected chi connectivity index (χ1v) is 7.47. The highest BCUT2D eigenvalue weighted by molar-refractivity contribution is 5.88. The smallest absolute Gasteiger partial charge is 0.412 e. The maximum absolute atomic E-state index is 12.0. The zero-order chi connectivity index (χ0) is 17.4. The molecule has 0 aliphatic rings. The summed E-state index contributed by atoms with van der Waals surface area (Å²) in [6.45, 7) is 9.44. The molecule has 0 atom stereocenters.